The standard InChI is InChI=1S/C15H22N2O3/c1-4-20-14(18)15(9-10-17(2)11-15)16-12-7-5-6-8-13(12)19-3/h5-8,16H,4,9-11H2,1-3H3. The number of nitrogens with one attached hydrogen (secondary N) is 1. The summed E-state index contributed by atoms with van der Waals surface area (Å²) in [6, 6.07) is 7.61. The normalized spacial score (nSPS) is 22.6. The summed E-state index contributed by atoms with van der Waals surface area (Å²) in [5.41, 5.74) is 0.123. The Hall–Kier alpha value is -1.75. The second kappa shape index (κ2) is 6.13. The topological polar surface area (TPSA) is 50.8 Å². The second-order valence-electron chi connectivity index (χ2n) is 5.12. The number of likely N-dealkylation sites (N-methyl/N-ethyl adjacent to an activating group) is 1. The fourth-order valence-electron chi connectivity index (χ4n) is 2.60. The van der Waals surface area contributed by atoms with E-state index in [0.717, 1.165) is 24.4 Å². The SMILES string of the molecule is CCOC(=O)C1(Nc2ccccc2OC)CCN(C)C1. The molecule has 0 saturated carbocycles. The number of carbonyl (C=O) groups is 1. The predicted octanol–water partition coefficient (Wildman–Crippen LogP) is 1.74. The highest BCUT2D eigenvalue weighted by Crippen LogP contribution is 2.31. The van der Waals surface area contributed by atoms with E-state index in [0.29, 0.717) is 13.2 Å². The number of nitrogens with zero attached hydrogens (tertiary/aromatic N) is 1. The van der Waals surface area contributed by atoms with Crippen molar-refractivity contribution in [3.05, 3.63) is 24.3 Å². The van der Waals surface area contributed by atoms with Crippen molar-refractivity contribution in [2.45, 2.75) is 18.9 Å². The first kappa shape index (κ1) is 14.7. The van der Waals surface area contributed by atoms with Crippen LogP contribution in [0, 0.1) is 0 Å². The van der Waals surface area contributed by atoms with Gasteiger partial charge in [-0.15, -0.1) is 0 Å². The lowest BCUT2D eigenvalue weighted by molar-refractivity contribution is -0.148. The summed E-state index contributed by atoms with van der Waals surface area (Å²) in [6.07, 6.45) is 0.723. The zero-order chi connectivity index (χ0) is 14.6. The van der Waals surface area contributed by atoms with E-state index in [2.05, 4.69) is 10.2 Å². The number of esters is 1. The number of ether oxygens (including phenoxy) is 2. The largest absolute Gasteiger partial charge is 0.495 e. The molecule has 1 aliphatic rings. The van der Waals surface area contributed by atoms with Crippen LogP contribution in [0.4, 0.5) is 5.69 Å². The van der Waals surface area contributed by atoms with E-state index in [1.54, 1.807) is 7.11 Å². The van der Waals surface area contributed by atoms with Gasteiger partial charge in [0.2, 0.25) is 0 Å². The van der Waals surface area contributed by atoms with Crippen LogP contribution in [-0.2, 0) is 9.53 Å². The molecule has 1 aliphatic heterocycles. The highest BCUT2D eigenvalue weighted by Gasteiger charge is 2.45. The Morgan fingerprint density at radius 1 is 1.45 bits per heavy atom. The van der Waals surface area contributed by atoms with Gasteiger partial charge in [-0.25, -0.2) is 4.79 Å². The zero-order valence-corrected chi connectivity index (χ0v) is 12.3. The van der Waals surface area contributed by atoms with Gasteiger partial charge in [-0.2, -0.15) is 0 Å². The smallest absolute Gasteiger partial charge is 0.333 e. The predicted molar refractivity (Wildman–Crippen MR) is 78.1 cm³/mol. The molecular formula is C15H22N2O3. The van der Waals surface area contributed by atoms with Gasteiger partial charge in [0.05, 0.1) is 19.4 Å². The van der Waals surface area contributed by atoms with Crippen molar-refractivity contribution in [1.82, 2.24) is 4.90 Å². The van der Waals surface area contributed by atoms with Crippen LogP contribution in [0.1, 0.15) is 13.3 Å². The van der Waals surface area contributed by atoms with Crippen LogP contribution < -0.4 is 10.1 Å². The third kappa shape index (κ3) is 2.88. The number of carbonyl (C=O) groups excluding carboxylic acids is 1. The van der Waals surface area contributed by atoms with Crippen LogP contribution in [0.25, 0.3) is 0 Å². The van der Waals surface area contributed by atoms with Crippen LogP contribution in [0.5, 0.6) is 5.75 Å². The molecule has 1 saturated heterocycles. The first-order valence-electron chi connectivity index (χ1n) is 6.88. The highest BCUT2D eigenvalue weighted by molar-refractivity contribution is 5.86. The Balaban J connectivity index is 2.26. The number of methoxy groups -OCH3 is 1. The summed E-state index contributed by atoms with van der Waals surface area (Å²) in [6.45, 7) is 3.70. The van der Waals surface area contributed by atoms with Gasteiger partial charge in [0.15, 0.2) is 0 Å². The van der Waals surface area contributed by atoms with E-state index >= 15 is 0 Å². The van der Waals surface area contributed by atoms with Crippen LogP contribution >= 0.6 is 0 Å². The van der Waals surface area contributed by atoms with E-state index in [4.69, 9.17) is 9.47 Å². The van der Waals surface area contributed by atoms with Crippen LogP contribution in [0.3, 0.4) is 0 Å². The highest BCUT2D eigenvalue weighted by atomic mass is 16.5. The van der Waals surface area contributed by atoms with Crippen LogP contribution in [0.15, 0.2) is 24.3 Å². The molecule has 1 unspecified atom stereocenters. The van der Waals surface area contributed by atoms with Crippen molar-refractivity contribution in [2.24, 2.45) is 0 Å². The van der Waals surface area contributed by atoms with E-state index in [-0.39, 0.29) is 5.97 Å². The first-order valence-corrected chi connectivity index (χ1v) is 6.88. The lowest BCUT2D eigenvalue weighted by atomic mass is 9.98. The van der Waals surface area contributed by atoms with Gasteiger partial charge in [0.25, 0.3) is 0 Å². The van der Waals surface area contributed by atoms with Crippen molar-refractivity contribution in [2.75, 3.05) is 39.2 Å². The number of hydrogen-bond acceptors (Lipinski definition) is 5. The summed E-state index contributed by atoms with van der Waals surface area (Å²) >= 11 is 0. The fourth-order valence-corrected chi connectivity index (χ4v) is 2.60. The third-order valence-electron chi connectivity index (χ3n) is 3.61. The summed E-state index contributed by atoms with van der Waals surface area (Å²) < 4.78 is 10.6. The van der Waals surface area contributed by atoms with E-state index in [1.165, 1.54) is 0 Å². The molecule has 1 fully saturated rings. The van der Waals surface area contributed by atoms with Crippen molar-refractivity contribution < 1.29 is 14.3 Å². The molecule has 5 heteroatoms. The summed E-state index contributed by atoms with van der Waals surface area (Å²) in [5, 5.41) is 3.35. The summed E-state index contributed by atoms with van der Waals surface area (Å²) in [7, 11) is 3.63. The Labute approximate surface area is 119 Å². The Kier molecular flexibility index (Phi) is 4.49. The molecule has 20 heavy (non-hydrogen) atoms. The number of anilines is 1. The number of likely N-dealkylation sites (tertiary alicyclic amines) is 1. The Morgan fingerprint density at radius 3 is 2.80 bits per heavy atom. The van der Waals surface area contributed by atoms with Crippen LogP contribution in [0.2, 0.25) is 0 Å². The molecule has 0 aliphatic carbocycles. The molecule has 1 atom stereocenters. The molecular weight excluding hydrogens is 256 g/mol. The molecule has 2 rings (SSSR count). The van der Waals surface area contributed by atoms with Crippen molar-refractivity contribution in [3.63, 3.8) is 0 Å². The van der Waals surface area contributed by atoms with Crippen LogP contribution in [-0.4, -0.2) is 50.3 Å². The van der Waals surface area contributed by atoms with Crippen molar-refractivity contribution in [1.29, 1.82) is 0 Å². The first-order chi connectivity index (χ1) is 9.61. The zero-order valence-electron chi connectivity index (χ0n) is 12.3. The lowest BCUT2D eigenvalue weighted by Crippen LogP contribution is -2.49. The number of benzene rings is 1. The Morgan fingerprint density at radius 2 is 2.20 bits per heavy atom. The molecule has 5 nitrogen and oxygen atoms in total. The molecule has 0 amide bonds. The van der Waals surface area contributed by atoms with Gasteiger partial charge in [-0.1, -0.05) is 12.1 Å². The van der Waals surface area contributed by atoms with Gasteiger partial charge < -0.3 is 19.7 Å². The van der Waals surface area contributed by atoms with Gasteiger partial charge in [-0.3, -0.25) is 0 Å². The van der Waals surface area contributed by atoms with Gasteiger partial charge in [0, 0.05) is 13.1 Å². The quantitative estimate of drug-likeness (QED) is 0.832. The molecule has 0 aromatic heterocycles. The molecule has 110 valence electrons. The van der Waals surface area contributed by atoms with E-state index in [1.807, 2.05) is 38.2 Å². The number of para-hydroxylation sites is 2. The minimum atomic E-state index is -0.695. The van der Waals surface area contributed by atoms with Gasteiger partial charge in [-0.05, 0) is 32.5 Å². The third-order valence-corrected chi connectivity index (χ3v) is 3.61. The maximum absolute atomic E-state index is 12.4. The minimum Gasteiger partial charge on any atom is -0.495 e. The summed E-state index contributed by atoms with van der Waals surface area (Å²) in [4.78, 5) is 14.5. The number of hydrogen-bond donors (Lipinski definition) is 1. The molecule has 0 bridgehead atoms. The second-order valence-corrected chi connectivity index (χ2v) is 5.12. The molecule has 0 spiro atoms. The average Bonchev–Trinajstić information content (AvgIpc) is 2.82. The average molecular weight is 278 g/mol. The molecule has 1 heterocycles. The minimum absolute atomic E-state index is 0.199. The van der Waals surface area contributed by atoms with Gasteiger partial charge in [0.1, 0.15) is 11.3 Å². The monoisotopic (exact) mass is 278 g/mol. The Bertz CT molecular complexity index is 478. The number of rotatable bonds is 5. The summed E-state index contributed by atoms with van der Waals surface area (Å²) in [5.74, 6) is 0.529. The molecule has 1 aromatic rings. The maximum Gasteiger partial charge on any atom is 0.333 e. The lowest BCUT2D eigenvalue weighted by Gasteiger charge is -2.29. The van der Waals surface area contributed by atoms with Gasteiger partial charge >= 0.3 is 5.97 Å². The fraction of sp³-hybridized carbons (Fsp3) is 0.533. The van der Waals surface area contributed by atoms with Crippen molar-refractivity contribution >= 4 is 11.7 Å². The van der Waals surface area contributed by atoms with Crippen molar-refractivity contribution in [3.8, 4) is 5.75 Å². The van der Waals surface area contributed by atoms with E-state index in [9.17, 15) is 4.79 Å². The molecule has 0 radical (unpaired) electrons. The maximum atomic E-state index is 12.4. The van der Waals surface area contributed by atoms with E-state index < -0.39 is 5.54 Å². The molecule has 1 N–H and O–H groups in total. The molecule has 1 aromatic carbocycles.